The molecule has 2 heterocycles. The average Bonchev–Trinajstić information content (AvgIpc) is 2.40. The molecule has 1 saturated heterocycles. The molecule has 0 amide bonds. The van der Waals surface area contributed by atoms with Gasteiger partial charge in [-0.2, -0.15) is 0 Å². The molecular weight excluding hydrogens is 210 g/mol. The lowest BCUT2D eigenvalue weighted by Crippen LogP contribution is -2.41. The van der Waals surface area contributed by atoms with Crippen molar-refractivity contribution < 1.29 is 0 Å². The number of hydrogen-bond donors (Lipinski definition) is 1. The maximum atomic E-state index is 5.95. The summed E-state index contributed by atoms with van der Waals surface area (Å²) < 4.78 is 0. The minimum absolute atomic E-state index is 0.497. The summed E-state index contributed by atoms with van der Waals surface area (Å²) in [4.78, 5) is 6.71. The van der Waals surface area contributed by atoms with Gasteiger partial charge in [-0.3, -0.25) is 9.88 Å². The zero-order valence-corrected chi connectivity index (χ0v) is 10.7. The van der Waals surface area contributed by atoms with E-state index in [1.165, 1.54) is 37.9 Å². The van der Waals surface area contributed by atoms with Crippen LogP contribution in [0.25, 0.3) is 0 Å². The van der Waals surface area contributed by atoms with E-state index in [1.54, 1.807) is 0 Å². The lowest BCUT2D eigenvalue weighted by atomic mass is 9.85. The zero-order chi connectivity index (χ0) is 12.1. The Morgan fingerprint density at radius 2 is 2.18 bits per heavy atom. The van der Waals surface area contributed by atoms with Crippen molar-refractivity contribution in [2.45, 2.75) is 32.2 Å². The van der Waals surface area contributed by atoms with E-state index in [9.17, 15) is 0 Å². The van der Waals surface area contributed by atoms with Gasteiger partial charge >= 0.3 is 0 Å². The maximum absolute atomic E-state index is 5.95. The Kier molecular flexibility index (Phi) is 4.51. The summed E-state index contributed by atoms with van der Waals surface area (Å²) >= 11 is 0. The van der Waals surface area contributed by atoms with Crippen molar-refractivity contribution in [2.75, 3.05) is 19.6 Å². The number of nitrogens with zero attached hydrogens (tertiary/aromatic N) is 2. The second kappa shape index (κ2) is 6.12. The molecule has 1 aliphatic rings. The highest BCUT2D eigenvalue weighted by Crippen LogP contribution is 2.35. The molecular formula is C14H23N3. The first-order chi connectivity index (χ1) is 8.36. The van der Waals surface area contributed by atoms with Crippen LogP contribution in [-0.2, 0) is 0 Å². The maximum Gasteiger partial charge on any atom is 0.0389 e. The molecule has 2 N–H and O–H groups in total. The van der Waals surface area contributed by atoms with E-state index in [-0.39, 0.29) is 0 Å². The van der Waals surface area contributed by atoms with Crippen molar-refractivity contribution >= 4 is 0 Å². The van der Waals surface area contributed by atoms with Gasteiger partial charge in [0, 0.05) is 18.4 Å². The summed E-state index contributed by atoms with van der Waals surface area (Å²) in [5, 5.41) is 0. The zero-order valence-electron chi connectivity index (χ0n) is 10.7. The van der Waals surface area contributed by atoms with Crippen molar-refractivity contribution in [3.8, 4) is 0 Å². The van der Waals surface area contributed by atoms with Gasteiger partial charge in [0.1, 0.15) is 0 Å². The van der Waals surface area contributed by atoms with Crippen molar-refractivity contribution in [3.05, 3.63) is 30.1 Å². The molecule has 0 bridgehead atoms. The number of hydrogen-bond acceptors (Lipinski definition) is 3. The standard InChI is InChI=1S/C14H23N3/c1-2-9-17-10-3-4-13(11-15)14(17)12-5-7-16-8-6-12/h5-8,13-14H,2-4,9-11,15H2,1H3/t13-,14-/m1/s1. The smallest absolute Gasteiger partial charge is 0.0389 e. The molecule has 0 aliphatic carbocycles. The molecule has 0 aromatic carbocycles. The Hall–Kier alpha value is -0.930. The molecule has 2 atom stereocenters. The summed E-state index contributed by atoms with van der Waals surface area (Å²) in [7, 11) is 0. The molecule has 1 aromatic heterocycles. The molecule has 1 aliphatic heterocycles. The fraction of sp³-hybridized carbons (Fsp3) is 0.643. The van der Waals surface area contributed by atoms with Crippen LogP contribution in [-0.4, -0.2) is 29.5 Å². The van der Waals surface area contributed by atoms with Crippen LogP contribution in [0.15, 0.2) is 24.5 Å². The fourth-order valence-corrected chi connectivity index (χ4v) is 2.98. The molecule has 1 aromatic rings. The largest absolute Gasteiger partial charge is 0.330 e. The van der Waals surface area contributed by atoms with Gasteiger partial charge in [-0.15, -0.1) is 0 Å². The SMILES string of the molecule is CCCN1CCC[C@H](CN)[C@H]1c1ccncc1. The Morgan fingerprint density at radius 1 is 1.41 bits per heavy atom. The molecule has 3 heteroatoms. The first-order valence-corrected chi connectivity index (χ1v) is 6.70. The molecule has 17 heavy (non-hydrogen) atoms. The molecule has 3 nitrogen and oxygen atoms in total. The summed E-state index contributed by atoms with van der Waals surface area (Å²) in [5.41, 5.74) is 7.33. The second-order valence-corrected chi connectivity index (χ2v) is 4.90. The van der Waals surface area contributed by atoms with Gasteiger partial charge in [0.25, 0.3) is 0 Å². The molecule has 0 unspecified atom stereocenters. The number of pyridine rings is 1. The molecule has 94 valence electrons. The van der Waals surface area contributed by atoms with Gasteiger partial charge in [-0.05, 0) is 62.5 Å². The number of nitrogens with two attached hydrogens (primary N) is 1. The Bertz CT molecular complexity index is 323. The van der Waals surface area contributed by atoms with Crippen LogP contribution >= 0.6 is 0 Å². The van der Waals surface area contributed by atoms with Crippen LogP contribution in [0.1, 0.15) is 37.8 Å². The molecule has 1 fully saturated rings. The average molecular weight is 233 g/mol. The van der Waals surface area contributed by atoms with Gasteiger partial charge in [0.2, 0.25) is 0 Å². The summed E-state index contributed by atoms with van der Waals surface area (Å²) in [6, 6.07) is 4.78. The van der Waals surface area contributed by atoms with Crippen molar-refractivity contribution in [2.24, 2.45) is 11.7 Å². The van der Waals surface area contributed by atoms with Gasteiger partial charge in [0.05, 0.1) is 0 Å². The van der Waals surface area contributed by atoms with Gasteiger partial charge in [-0.25, -0.2) is 0 Å². The summed E-state index contributed by atoms with van der Waals surface area (Å²) in [6.07, 6.45) is 7.52. The monoisotopic (exact) mass is 233 g/mol. The van der Waals surface area contributed by atoms with E-state index < -0.39 is 0 Å². The van der Waals surface area contributed by atoms with E-state index in [1.807, 2.05) is 12.4 Å². The van der Waals surface area contributed by atoms with Crippen LogP contribution < -0.4 is 5.73 Å². The van der Waals surface area contributed by atoms with Crippen LogP contribution in [0.3, 0.4) is 0 Å². The lowest BCUT2D eigenvalue weighted by Gasteiger charge is -2.41. The number of aromatic nitrogens is 1. The minimum Gasteiger partial charge on any atom is -0.330 e. The first-order valence-electron chi connectivity index (χ1n) is 6.70. The third kappa shape index (κ3) is 2.85. The van der Waals surface area contributed by atoms with E-state index in [0.29, 0.717) is 12.0 Å². The van der Waals surface area contributed by atoms with Gasteiger partial charge < -0.3 is 5.73 Å². The molecule has 0 saturated carbocycles. The topological polar surface area (TPSA) is 42.1 Å². The Morgan fingerprint density at radius 3 is 2.82 bits per heavy atom. The number of rotatable bonds is 4. The first kappa shape index (κ1) is 12.5. The van der Waals surface area contributed by atoms with Crippen LogP contribution in [0.2, 0.25) is 0 Å². The number of piperidine rings is 1. The van der Waals surface area contributed by atoms with Crippen molar-refractivity contribution in [3.63, 3.8) is 0 Å². The second-order valence-electron chi connectivity index (χ2n) is 4.90. The van der Waals surface area contributed by atoms with E-state index in [0.717, 1.165) is 6.54 Å². The summed E-state index contributed by atoms with van der Waals surface area (Å²) in [6.45, 7) is 5.41. The minimum atomic E-state index is 0.497. The number of likely N-dealkylation sites (tertiary alicyclic amines) is 1. The van der Waals surface area contributed by atoms with Gasteiger partial charge in [-0.1, -0.05) is 6.92 Å². The molecule has 0 radical (unpaired) electrons. The third-order valence-electron chi connectivity index (χ3n) is 3.72. The summed E-state index contributed by atoms with van der Waals surface area (Å²) in [5.74, 6) is 0.595. The molecule has 0 spiro atoms. The quantitative estimate of drug-likeness (QED) is 0.867. The third-order valence-corrected chi connectivity index (χ3v) is 3.72. The highest BCUT2D eigenvalue weighted by molar-refractivity contribution is 5.17. The van der Waals surface area contributed by atoms with Crippen LogP contribution in [0.5, 0.6) is 0 Å². The Labute approximate surface area is 104 Å². The highest BCUT2D eigenvalue weighted by Gasteiger charge is 2.30. The van der Waals surface area contributed by atoms with Crippen LogP contribution in [0, 0.1) is 5.92 Å². The highest BCUT2D eigenvalue weighted by atomic mass is 15.2. The lowest BCUT2D eigenvalue weighted by molar-refractivity contribution is 0.0960. The predicted octanol–water partition coefficient (Wildman–Crippen LogP) is 2.20. The predicted molar refractivity (Wildman–Crippen MR) is 70.6 cm³/mol. The van der Waals surface area contributed by atoms with Gasteiger partial charge in [0.15, 0.2) is 0 Å². The van der Waals surface area contributed by atoms with Crippen LogP contribution in [0.4, 0.5) is 0 Å². The van der Waals surface area contributed by atoms with Crippen molar-refractivity contribution in [1.29, 1.82) is 0 Å². The molecule has 2 rings (SSSR count). The van der Waals surface area contributed by atoms with E-state index in [4.69, 9.17) is 5.73 Å². The Balaban J connectivity index is 2.22. The fourth-order valence-electron chi connectivity index (χ4n) is 2.98. The van der Waals surface area contributed by atoms with E-state index >= 15 is 0 Å². The van der Waals surface area contributed by atoms with Crippen molar-refractivity contribution in [1.82, 2.24) is 9.88 Å². The normalized spacial score (nSPS) is 26.0. The van der Waals surface area contributed by atoms with E-state index in [2.05, 4.69) is 28.9 Å².